The summed E-state index contributed by atoms with van der Waals surface area (Å²) >= 11 is 0. The van der Waals surface area contributed by atoms with Gasteiger partial charge < -0.3 is 4.74 Å². The van der Waals surface area contributed by atoms with Crippen LogP contribution in [-0.2, 0) is 4.74 Å². The normalized spacial score (nSPS) is 30.5. The third-order valence-corrected chi connectivity index (χ3v) is 0.639. The number of hydrazine groups is 1. The smallest absolute Gasteiger partial charge is 0.144 e. The van der Waals surface area contributed by atoms with Crippen LogP contribution in [0.15, 0.2) is 0 Å². The predicted molar refractivity (Wildman–Crippen MR) is 21.9 cm³/mol. The first-order valence-corrected chi connectivity index (χ1v) is 1.97. The highest BCUT2D eigenvalue weighted by atomic mass is 16.6. The van der Waals surface area contributed by atoms with Crippen LogP contribution in [0.5, 0.6) is 0 Å². The Bertz CT molecular complexity index is 44.1. The Morgan fingerprint density at radius 1 is 1.83 bits per heavy atom. The third kappa shape index (κ3) is 0.931. The average molecular weight is 88.1 g/mol. The van der Waals surface area contributed by atoms with Crippen LogP contribution in [-0.4, -0.2) is 19.9 Å². The van der Waals surface area contributed by atoms with Crippen LogP contribution in [0.1, 0.15) is 0 Å². The van der Waals surface area contributed by atoms with Gasteiger partial charge in [-0.2, -0.15) is 0 Å². The number of rotatable bonds is 2. The van der Waals surface area contributed by atoms with Crippen molar-refractivity contribution in [1.82, 2.24) is 10.9 Å². The van der Waals surface area contributed by atoms with Crippen LogP contribution < -0.4 is 10.9 Å². The monoisotopic (exact) mass is 88.1 g/mol. The second-order valence-corrected chi connectivity index (χ2v) is 1.22. The standard InChI is InChI=1S/C3H8N2O/c1-4-5-3-2-6-3/h3-5H,2H2,1H3. The summed E-state index contributed by atoms with van der Waals surface area (Å²) in [6.45, 7) is 0.848. The summed E-state index contributed by atoms with van der Waals surface area (Å²) in [5, 5.41) is 0. The zero-order chi connectivity index (χ0) is 4.41. The van der Waals surface area contributed by atoms with E-state index in [0.717, 1.165) is 6.61 Å². The fraction of sp³-hybridized carbons (Fsp3) is 1.00. The molecule has 1 saturated heterocycles. The summed E-state index contributed by atoms with van der Waals surface area (Å²) in [7, 11) is 1.82. The number of nitrogens with one attached hydrogen (secondary N) is 2. The molecule has 0 aromatic rings. The topological polar surface area (TPSA) is 36.6 Å². The molecule has 1 aliphatic heterocycles. The van der Waals surface area contributed by atoms with Crippen molar-refractivity contribution in [2.24, 2.45) is 0 Å². The van der Waals surface area contributed by atoms with Crippen molar-refractivity contribution >= 4 is 0 Å². The van der Waals surface area contributed by atoms with Gasteiger partial charge in [0.25, 0.3) is 0 Å². The van der Waals surface area contributed by atoms with Crippen molar-refractivity contribution < 1.29 is 4.74 Å². The maximum absolute atomic E-state index is 4.78. The molecular weight excluding hydrogens is 80.0 g/mol. The van der Waals surface area contributed by atoms with E-state index in [9.17, 15) is 0 Å². The van der Waals surface area contributed by atoms with E-state index in [2.05, 4.69) is 10.9 Å². The Labute approximate surface area is 36.6 Å². The lowest BCUT2D eigenvalue weighted by Gasteiger charge is -1.90. The Morgan fingerprint density at radius 3 is 2.67 bits per heavy atom. The fourth-order valence-electron chi connectivity index (χ4n) is 0.292. The zero-order valence-corrected chi connectivity index (χ0v) is 3.69. The molecule has 1 fully saturated rings. The summed E-state index contributed by atoms with van der Waals surface area (Å²) in [5.41, 5.74) is 5.60. The second kappa shape index (κ2) is 1.55. The molecule has 0 aromatic heterocycles. The molecule has 1 rings (SSSR count). The minimum atomic E-state index is 0.287. The van der Waals surface area contributed by atoms with Gasteiger partial charge >= 0.3 is 0 Å². The Hall–Kier alpha value is -0.120. The van der Waals surface area contributed by atoms with E-state index in [1.54, 1.807) is 0 Å². The van der Waals surface area contributed by atoms with Gasteiger partial charge in [0.1, 0.15) is 6.23 Å². The van der Waals surface area contributed by atoms with E-state index in [1.807, 2.05) is 7.05 Å². The number of hydrogen-bond acceptors (Lipinski definition) is 3. The lowest BCUT2D eigenvalue weighted by Crippen LogP contribution is -2.30. The van der Waals surface area contributed by atoms with Gasteiger partial charge in [0, 0.05) is 0 Å². The van der Waals surface area contributed by atoms with Crippen molar-refractivity contribution in [2.45, 2.75) is 6.23 Å². The highest BCUT2D eigenvalue weighted by Gasteiger charge is 2.19. The van der Waals surface area contributed by atoms with Crippen LogP contribution in [0.2, 0.25) is 0 Å². The Kier molecular flexibility index (Phi) is 1.05. The molecule has 6 heavy (non-hydrogen) atoms. The number of hydrogen-bond donors (Lipinski definition) is 2. The average Bonchev–Trinajstić information content (AvgIpc) is 2.21. The lowest BCUT2D eigenvalue weighted by molar-refractivity contribution is 0.350. The van der Waals surface area contributed by atoms with Crippen LogP contribution in [0.4, 0.5) is 0 Å². The molecular formula is C3H8N2O. The molecule has 1 atom stereocenters. The van der Waals surface area contributed by atoms with Crippen molar-refractivity contribution in [3.8, 4) is 0 Å². The maximum atomic E-state index is 4.78. The molecule has 1 unspecified atom stereocenters. The van der Waals surface area contributed by atoms with Crippen molar-refractivity contribution in [2.75, 3.05) is 13.7 Å². The van der Waals surface area contributed by atoms with Crippen LogP contribution in [0, 0.1) is 0 Å². The first-order valence-electron chi connectivity index (χ1n) is 1.97. The zero-order valence-electron chi connectivity index (χ0n) is 3.69. The van der Waals surface area contributed by atoms with Gasteiger partial charge in [0.2, 0.25) is 0 Å². The number of epoxide rings is 1. The van der Waals surface area contributed by atoms with E-state index < -0.39 is 0 Å². The molecule has 0 aliphatic carbocycles. The predicted octanol–water partition coefficient (Wildman–Crippen LogP) is -0.933. The van der Waals surface area contributed by atoms with Gasteiger partial charge in [0.15, 0.2) is 0 Å². The first kappa shape index (κ1) is 4.05. The van der Waals surface area contributed by atoms with E-state index in [-0.39, 0.29) is 6.23 Å². The quantitative estimate of drug-likeness (QED) is 0.338. The second-order valence-electron chi connectivity index (χ2n) is 1.22. The van der Waals surface area contributed by atoms with Gasteiger partial charge in [-0.15, -0.1) is 0 Å². The van der Waals surface area contributed by atoms with Crippen molar-refractivity contribution in [3.63, 3.8) is 0 Å². The molecule has 0 amide bonds. The summed E-state index contributed by atoms with van der Waals surface area (Å²) in [6, 6.07) is 0. The van der Waals surface area contributed by atoms with Crippen molar-refractivity contribution in [3.05, 3.63) is 0 Å². The largest absolute Gasteiger partial charge is 0.355 e. The summed E-state index contributed by atoms with van der Waals surface area (Å²) in [6.07, 6.45) is 0.287. The molecule has 0 spiro atoms. The Balaban J connectivity index is 1.88. The molecule has 1 aliphatic rings. The summed E-state index contributed by atoms with van der Waals surface area (Å²) < 4.78 is 4.78. The number of ether oxygens (including phenoxy) is 1. The van der Waals surface area contributed by atoms with E-state index in [0.29, 0.717) is 0 Å². The molecule has 1 heterocycles. The SMILES string of the molecule is CNNC1CO1. The molecule has 36 valence electrons. The van der Waals surface area contributed by atoms with Gasteiger partial charge in [-0.1, -0.05) is 0 Å². The summed E-state index contributed by atoms with van der Waals surface area (Å²) in [5.74, 6) is 0. The Morgan fingerprint density at radius 2 is 2.50 bits per heavy atom. The minimum absolute atomic E-state index is 0.287. The first-order chi connectivity index (χ1) is 2.93. The minimum Gasteiger partial charge on any atom is -0.355 e. The van der Waals surface area contributed by atoms with Crippen LogP contribution in [0.3, 0.4) is 0 Å². The van der Waals surface area contributed by atoms with Crippen LogP contribution >= 0.6 is 0 Å². The fourth-order valence-corrected chi connectivity index (χ4v) is 0.292. The van der Waals surface area contributed by atoms with Gasteiger partial charge in [-0.3, -0.25) is 5.43 Å². The van der Waals surface area contributed by atoms with Crippen molar-refractivity contribution in [1.29, 1.82) is 0 Å². The van der Waals surface area contributed by atoms with Gasteiger partial charge in [-0.05, 0) is 7.05 Å². The molecule has 0 saturated carbocycles. The molecule has 0 aromatic carbocycles. The highest BCUT2D eigenvalue weighted by Crippen LogP contribution is 2.00. The van der Waals surface area contributed by atoms with Gasteiger partial charge in [0.05, 0.1) is 6.61 Å². The van der Waals surface area contributed by atoms with E-state index in [4.69, 9.17) is 4.74 Å². The molecule has 3 heteroatoms. The molecule has 3 nitrogen and oxygen atoms in total. The van der Waals surface area contributed by atoms with Gasteiger partial charge in [-0.25, -0.2) is 5.43 Å². The molecule has 0 bridgehead atoms. The highest BCUT2D eigenvalue weighted by molar-refractivity contribution is 4.60. The summed E-state index contributed by atoms with van der Waals surface area (Å²) in [4.78, 5) is 0. The van der Waals surface area contributed by atoms with E-state index in [1.165, 1.54) is 0 Å². The molecule has 2 N–H and O–H groups in total. The lowest BCUT2D eigenvalue weighted by atomic mass is 10.8. The van der Waals surface area contributed by atoms with E-state index >= 15 is 0 Å². The van der Waals surface area contributed by atoms with Crippen LogP contribution in [0.25, 0.3) is 0 Å². The molecule has 0 radical (unpaired) electrons. The third-order valence-electron chi connectivity index (χ3n) is 0.639. The maximum Gasteiger partial charge on any atom is 0.144 e.